The van der Waals surface area contributed by atoms with Gasteiger partial charge in [0.1, 0.15) is 5.75 Å². The van der Waals surface area contributed by atoms with Crippen molar-refractivity contribution >= 4 is 12.4 Å². The van der Waals surface area contributed by atoms with E-state index in [-0.39, 0.29) is 62.9 Å². The molecule has 0 bridgehead atoms. The summed E-state index contributed by atoms with van der Waals surface area (Å²) in [5, 5.41) is 0. The fourth-order valence-corrected chi connectivity index (χ4v) is 1.10. The number of benzene rings is 1. The summed E-state index contributed by atoms with van der Waals surface area (Å²) >= 11 is 0. The topological polar surface area (TPSA) is 18.5 Å². The molecule has 0 spiro atoms. The third kappa shape index (κ3) is 3.99. The van der Waals surface area contributed by atoms with Crippen LogP contribution in [0.25, 0.3) is 0 Å². The van der Waals surface area contributed by atoms with Gasteiger partial charge in [0.05, 0.1) is 20.0 Å². The summed E-state index contributed by atoms with van der Waals surface area (Å²) < 4.78 is 46.8. The van der Waals surface area contributed by atoms with Gasteiger partial charge in [-0.1, -0.05) is 5.46 Å². The first-order chi connectivity index (χ1) is 6.49. The molecule has 0 aliphatic carbocycles. The van der Waals surface area contributed by atoms with Crippen molar-refractivity contribution in [3.8, 4) is 11.5 Å². The second-order valence-corrected chi connectivity index (χ2v) is 2.68. The maximum absolute atomic E-state index is 12.5. The van der Waals surface area contributed by atoms with Gasteiger partial charge in [0, 0.05) is 0 Å². The van der Waals surface area contributed by atoms with Crippen molar-refractivity contribution in [3.05, 3.63) is 18.2 Å². The molecule has 0 heterocycles. The summed E-state index contributed by atoms with van der Waals surface area (Å²) in [6.45, 7) is -5.07. The third-order valence-electron chi connectivity index (χ3n) is 1.79. The molecule has 1 aromatic rings. The molecule has 15 heavy (non-hydrogen) atoms. The minimum Gasteiger partial charge on any atom is -0.500 e. The zero-order chi connectivity index (χ0) is 10.8. The normalized spacial score (nSPS) is 10.5. The Balaban J connectivity index is 0.00000196. The fourth-order valence-electron chi connectivity index (χ4n) is 1.10. The van der Waals surface area contributed by atoms with E-state index in [0.29, 0.717) is 0 Å². The van der Waals surface area contributed by atoms with E-state index in [1.54, 1.807) is 0 Å². The van der Waals surface area contributed by atoms with Crippen LogP contribution in [-0.4, -0.2) is 21.2 Å². The number of halogens is 3. The van der Waals surface area contributed by atoms with Crippen LogP contribution in [0, 0.1) is 0 Å². The Morgan fingerprint density at radius 3 is 2.07 bits per heavy atom. The summed E-state index contributed by atoms with van der Waals surface area (Å²) in [5.74, 6) is -0.0155. The van der Waals surface area contributed by atoms with Crippen LogP contribution in [0.2, 0.25) is 0 Å². The Hall–Kier alpha value is 0.311. The molecule has 1 rings (SSSR count). The first-order valence-electron chi connectivity index (χ1n) is 3.91. The zero-order valence-electron chi connectivity index (χ0n) is 8.76. The molecule has 0 N–H and O–H groups in total. The Morgan fingerprint density at radius 2 is 1.67 bits per heavy atom. The standard InChI is InChI=1S/C8H9BF3O2.K/c1-13-6-3-4-8(14-2)7(5-6)9(10,11)12;/h3-5H,1-2H3;/q-1;+1. The van der Waals surface area contributed by atoms with Gasteiger partial charge >= 0.3 is 58.4 Å². The van der Waals surface area contributed by atoms with Crippen LogP contribution in [0.3, 0.4) is 0 Å². The molecule has 0 radical (unpaired) electrons. The minimum atomic E-state index is -5.07. The van der Waals surface area contributed by atoms with E-state index < -0.39 is 12.4 Å². The van der Waals surface area contributed by atoms with Gasteiger partial charge in [-0.15, -0.1) is 0 Å². The summed E-state index contributed by atoms with van der Waals surface area (Å²) in [6.07, 6.45) is 0. The molecular weight excluding hydrogens is 235 g/mol. The van der Waals surface area contributed by atoms with Crippen LogP contribution in [0.1, 0.15) is 0 Å². The average molecular weight is 244 g/mol. The summed E-state index contributed by atoms with van der Waals surface area (Å²) in [6, 6.07) is 3.59. The molecule has 78 valence electrons. The van der Waals surface area contributed by atoms with Crippen molar-refractivity contribution in [2.75, 3.05) is 14.2 Å². The third-order valence-corrected chi connectivity index (χ3v) is 1.79. The van der Waals surface area contributed by atoms with Gasteiger partial charge in [-0.05, 0) is 18.2 Å². The van der Waals surface area contributed by atoms with Gasteiger partial charge in [-0.25, -0.2) is 0 Å². The molecule has 0 atom stereocenters. The smallest absolute Gasteiger partial charge is 0.500 e. The van der Waals surface area contributed by atoms with Gasteiger partial charge in [0.2, 0.25) is 0 Å². The average Bonchev–Trinajstić information content (AvgIpc) is 2.15. The van der Waals surface area contributed by atoms with E-state index in [0.717, 1.165) is 6.07 Å². The Kier molecular flexibility index (Phi) is 6.27. The molecule has 0 amide bonds. The maximum Gasteiger partial charge on any atom is 1.00 e. The number of hydrogen-bond acceptors (Lipinski definition) is 2. The minimum absolute atomic E-state index is 0. The van der Waals surface area contributed by atoms with Crippen LogP contribution in [-0.2, 0) is 0 Å². The molecule has 7 heteroatoms. The number of hydrogen-bond donors (Lipinski definition) is 0. The second-order valence-electron chi connectivity index (χ2n) is 2.68. The Labute approximate surface area is 129 Å². The quantitative estimate of drug-likeness (QED) is 0.619. The molecule has 0 aromatic heterocycles. The molecule has 0 saturated carbocycles. The number of methoxy groups -OCH3 is 2. The van der Waals surface area contributed by atoms with Crippen LogP contribution in [0.4, 0.5) is 12.9 Å². The van der Waals surface area contributed by atoms with E-state index in [4.69, 9.17) is 4.74 Å². The van der Waals surface area contributed by atoms with Crippen molar-refractivity contribution in [1.82, 2.24) is 0 Å². The van der Waals surface area contributed by atoms with Crippen molar-refractivity contribution in [1.29, 1.82) is 0 Å². The van der Waals surface area contributed by atoms with Crippen LogP contribution < -0.4 is 66.3 Å². The number of rotatable bonds is 3. The van der Waals surface area contributed by atoms with E-state index in [1.807, 2.05) is 0 Å². The van der Waals surface area contributed by atoms with Crippen molar-refractivity contribution in [2.24, 2.45) is 0 Å². The molecule has 2 nitrogen and oxygen atoms in total. The van der Waals surface area contributed by atoms with Gasteiger partial charge in [0.15, 0.2) is 0 Å². The van der Waals surface area contributed by atoms with E-state index in [2.05, 4.69) is 4.74 Å². The second kappa shape index (κ2) is 6.15. The van der Waals surface area contributed by atoms with Crippen LogP contribution >= 0.6 is 0 Å². The fraction of sp³-hybridized carbons (Fsp3) is 0.250. The molecule has 1 aromatic carbocycles. The monoisotopic (exact) mass is 244 g/mol. The summed E-state index contributed by atoms with van der Waals surface area (Å²) in [7, 11) is 2.52. The van der Waals surface area contributed by atoms with E-state index in [9.17, 15) is 12.9 Å². The predicted octanol–water partition coefficient (Wildman–Crippen LogP) is -1.24. The molecule has 0 fully saturated rings. The Bertz CT molecular complexity index is 330. The van der Waals surface area contributed by atoms with E-state index >= 15 is 0 Å². The number of ether oxygens (including phenoxy) is 2. The zero-order valence-corrected chi connectivity index (χ0v) is 11.9. The largest absolute Gasteiger partial charge is 1.00 e. The van der Waals surface area contributed by atoms with Crippen molar-refractivity contribution < 1.29 is 73.8 Å². The van der Waals surface area contributed by atoms with Crippen molar-refractivity contribution in [3.63, 3.8) is 0 Å². The van der Waals surface area contributed by atoms with Gasteiger partial charge in [-0.2, -0.15) is 0 Å². The van der Waals surface area contributed by atoms with Crippen LogP contribution in [0.15, 0.2) is 18.2 Å². The molecular formula is C8H9BF3KO2. The maximum atomic E-state index is 12.5. The SMILES string of the molecule is COc1ccc(OC)c([B-](F)(F)F)c1.[K+]. The molecule has 0 unspecified atom stereocenters. The van der Waals surface area contributed by atoms with Gasteiger partial charge in [0.25, 0.3) is 0 Å². The van der Waals surface area contributed by atoms with Crippen molar-refractivity contribution in [2.45, 2.75) is 0 Å². The summed E-state index contributed by atoms with van der Waals surface area (Å²) in [5.41, 5.74) is -0.771. The summed E-state index contributed by atoms with van der Waals surface area (Å²) in [4.78, 5) is 0. The van der Waals surface area contributed by atoms with Gasteiger partial charge in [-0.3, -0.25) is 0 Å². The first-order valence-corrected chi connectivity index (χ1v) is 3.91. The van der Waals surface area contributed by atoms with Gasteiger partial charge < -0.3 is 22.4 Å². The predicted molar refractivity (Wildman–Crippen MR) is 48.3 cm³/mol. The first kappa shape index (κ1) is 15.3. The van der Waals surface area contributed by atoms with E-state index in [1.165, 1.54) is 26.4 Å². The molecule has 0 aliphatic heterocycles. The Morgan fingerprint density at radius 1 is 1.07 bits per heavy atom. The molecule has 0 saturated heterocycles. The molecule has 0 aliphatic rings. The van der Waals surface area contributed by atoms with Crippen LogP contribution in [0.5, 0.6) is 11.5 Å².